The number of fused-ring (bicyclic) bond motifs is 1. The zero-order valence-electron chi connectivity index (χ0n) is 9.35. The second kappa shape index (κ2) is 3.63. The Morgan fingerprint density at radius 3 is 3.19 bits per heavy atom. The van der Waals surface area contributed by atoms with Crippen LogP contribution in [0.4, 0.5) is 0 Å². The number of nitrogens with zero attached hydrogens (tertiary/aromatic N) is 1. The summed E-state index contributed by atoms with van der Waals surface area (Å²) in [5, 5.41) is 3.35. The van der Waals surface area contributed by atoms with Crippen molar-refractivity contribution in [3.63, 3.8) is 0 Å². The molecule has 0 aliphatic carbocycles. The normalized spacial score (nSPS) is 33.1. The Morgan fingerprint density at radius 1 is 1.56 bits per heavy atom. The molecule has 0 saturated carbocycles. The molecule has 16 heavy (non-hydrogen) atoms. The van der Waals surface area contributed by atoms with Crippen LogP contribution in [0.1, 0.15) is 23.9 Å². The summed E-state index contributed by atoms with van der Waals surface area (Å²) in [6.07, 6.45) is 2.66. The third-order valence-electron chi connectivity index (χ3n) is 3.75. The number of carbonyl (C=O) groups excluding carboxylic acids is 1. The van der Waals surface area contributed by atoms with Crippen molar-refractivity contribution in [2.75, 3.05) is 13.1 Å². The van der Waals surface area contributed by atoms with Gasteiger partial charge in [-0.3, -0.25) is 4.79 Å². The maximum Gasteiger partial charge on any atom is 0.290 e. The molecule has 2 aliphatic rings. The molecule has 2 saturated heterocycles. The van der Waals surface area contributed by atoms with Crippen LogP contribution >= 0.6 is 0 Å². The van der Waals surface area contributed by atoms with E-state index in [2.05, 4.69) is 12.2 Å². The van der Waals surface area contributed by atoms with Gasteiger partial charge in [0, 0.05) is 25.2 Å². The number of furan rings is 1. The first kappa shape index (κ1) is 9.90. The van der Waals surface area contributed by atoms with Crippen LogP contribution in [0.15, 0.2) is 22.8 Å². The average molecular weight is 220 g/mol. The molecule has 1 amide bonds. The SMILES string of the molecule is CC1CC2CNCC2N1C(=O)c1ccco1. The van der Waals surface area contributed by atoms with Crippen molar-refractivity contribution in [1.29, 1.82) is 0 Å². The van der Waals surface area contributed by atoms with Gasteiger partial charge in [-0.2, -0.15) is 0 Å². The van der Waals surface area contributed by atoms with Gasteiger partial charge in [-0.1, -0.05) is 0 Å². The first-order chi connectivity index (χ1) is 7.77. The van der Waals surface area contributed by atoms with Crippen molar-refractivity contribution in [3.05, 3.63) is 24.2 Å². The van der Waals surface area contributed by atoms with E-state index in [1.165, 1.54) is 0 Å². The van der Waals surface area contributed by atoms with E-state index < -0.39 is 0 Å². The Balaban J connectivity index is 1.86. The Hall–Kier alpha value is -1.29. The van der Waals surface area contributed by atoms with E-state index in [0.29, 0.717) is 23.8 Å². The molecule has 1 aromatic rings. The molecule has 3 atom stereocenters. The molecule has 2 aliphatic heterocycles. The lowest BCUT2D eigenvalue weighted by Gasteiger charge is -2.26. The van der Waals surface area contributed by atoms with Gasteiger partial charge in [-0.15, -0.1) is 0 Å². The first-order valence-electron chi connectivity index (χ1n) is 5.84. The van der Waals surface area contributed by atoms with E-state index in [1.54, 1.807) is 18.4 Å². The number of likely N-dealkylation sites (tertiary alicyclic amines) is 1. The Labute approximate surface area is 94.6 Å². The predicted octanol–water partition coefficient (Wildman–Crippen LogP) is 1.10. The lowest BCUT2D eigenvalue weighted by atomic mass is 10.0. The van der Waals surface area contributed by atoms with Crippen LogP contribution in [-0.2, 0) is 0 Å². The molecule has 4 nitrogen and oxygen atoms in total. The average Bonchev–Trinajstić information content (AvgIpc) is 2.89. The lowest BCUT2D eigenvalue weighted by molar-refractivity contribution is 0.0649. The molecule has 4 heteroatoms. The second-order valence-corrected chi connectivity index (χ2v) is 4.76. The summed E-state index contributed by atoms with van der Waals surface area (Å²) < 4.78 is 5.19. The quantitative estimate of drug-likeness (QED) is 0.771. The summed E-state index contributed by atoms with van der Waals surface area (Å²) >= 11 is 0. The number of amides is 1. The molecular formula is C12H16N2O2. The summed E-state index contributed by atoms with van der Waals surface area (Å²) in [5.41, 5.74) is 0. The molecule has 3 rings (SSSR count). The highest BCUT2D eigenvalue weighted by atomic mass is 16.3. The van der Waals surface area contributed by atoms with Gasteiger partial charge in [-0.05, 0) is 31.4 Å². The van der Waals surface area contributed by atoms with E-state index in [9.17, 15) is 4.79 Å². The van der Waals surface area contributed by atoms with Gasteiger partial charge in [0.25, 0.3) is 5.91 Å². The van der Waals surface area contributed by atoms with E-state index in [-0.39, 0.29) is 5.91 Å². The Bertz CT molecular complexity index is 388. The molecule has 3 unspecified atom stereocenters. The van der Waals surface area contributed by atoms with Gasteiger partial charge in [0.1, 0.15) is 0 Å². The van der Waals surface area contributed by atoms with Crippen molar-refractivity contribution >= 4 is 5.91 Å². The van der Waals surface area contributed by atoms with Crippen molar-refractivity contribution in [3.8, 4) is 0 Å². The highest BCUT2D eigenvalue weighted by Gasteiger charge is 2.44. The van der Waals surface area contributed by atoms with Gasteiger partial charge in [0.2, 0.25) is 0 Å². The topological polar surface area (TPSA) is 45.5 Å². The monoisotopic (exact) mass is 220 g/mol. The predicted molar refractivity (Wildman–Crippen MR) is 59.1 cm³/mol. The van der Waals surface area contributed by atoms with Crippen LogP contribution in [0.3, 0.4) is 0 Å². The highest BCUT2D eigenvalue weighted by Crippen LogP contribution is 2.33. The summed E-state index contributed by atoms with van der Waals surface area (Å²) in [6.45, 7) is 4.08. The number of carbonyl (C=O) groups is 1. The number of hydrogen-bond acceptors (Lipinski definition) is 3. The third-order valence-corrected chi connectivity index (χ3v) is 3.75. The van der Waals surface area contributed by atoms with Crippen molar-refractivity contribution < 1.29 is 9.21 Å². The fourth-order valence-electron chi connectivity index (χ4n) is 3.04. The second-order valence-electron chi connectivity index (χ2n) is 4.76. The van der Waals surface area contributed by atoms with Gasteiger partial charge < -0.3 is 14.6 Å². The summed E-state index contributed by atoms with van der Waals surface area (Å²) in [4.78, 5) is 14.3. The van der Waals surface area contributed by atoms with Crippen LogP contribution in [0, 0.1) is 5.92 Å². The van der Waals surface area contributed by atoms with Crippen LogP contribution in [0.5, 0.6) is 0 Å². The summed E-state index contributed by atoms with van der Waals surface area (Å²) in [5.74, 6) is 1.11. The largest absolute Gasteiger partial charge is 0.459 e. The van der Waals surface area contributed by atoms with E-state index in [1.807, 2.05) is 4.90 Å². The minimum absolute atomic E-state index is 0.0358. The molecule has 2 fully saturated rings. The van der Waals surface area contributed by atoms with E-state index in [4.69, 9.17) is 4.42 Å². The first-order valence-corrected chi connectivity index (χ1v) is 5.84. The summed E-state index contributed by atoms with van der Waals surface area (Å²) in [6, 6.07) is 4.19. The number of rotatable bonds is 1. The Kier molecular flexibility index (Phi) is 2.24. The minimum atomic E-state index is 0.0358. The van der Waals surface area contributed by atoms with Crippen LogP contribution in [0.2, 0.25) is 0 Å². The fraction of sp³-hybridized carbons (Fsp3) is 0.583. The van der Waals surface area contributed by atoms with Gasteiger partial charge in [0.05, 0.1) is 6.26 Å². The van der Waals surface area contributed by atoms with Crippen molar-refractivity contribution in [2.24, 2.45) is 5.92 Å². The standard InChI is InChI=1S/C12H16N2O2/c1-8-5-9-6-13-7-10(9)14(8)12(15)11-3-2-4-16-11/h2-4,8-10,13H,5-7H2,1H3. The minimum Gasteiger partial charge on any atom is -0.459 e. The highest BCUT2D eigenvalue weighted by molar-refractivity contribution is 5.92. The zero-order valence-corrected chi connectivity index (χ0v) is 9.35. The molecule has 3 heterocycles. The zero-order chi connectivity index (χ0) is 11.1. The maximum atomic E-state index is 12.3. The molecule has 1 aromatic heterocycles. The smallest absolute Gasteiger partial charge is 0.290 e. The van der Waals surface area contributed by atoms with Gasteiger partial charge in [-0.25, -0.2) is 0 Å². The number of hydrogen-bond donors (Lipinski definition) is 1. The molecular weight excluding hydrogens is 204 g/mol. The van der Waals surface area contributed by atoms with Crippen LogP contribution in [-0.4, -0.2) is 36.0 Å². The van der Waals surface area contributed by atoms with E-state index >= 15 is 0 Å². The van der Waals surface area contributed by atoms with Crippen molar-refractivity contribution in [1.82, 2.24) is 10.2 Å². The molecule has 1 N–H and O–H groups in total. The molecule has 86 valence electrons. The molecule has 0 aromatic carbocycles. The number of nitrogens with one attached hydrogen (secondary N) is 1. The van der Waals surface area contributed by atoms with E-state index in [0.717, 1.165) is 19.5 Å². The molecule has 0 bridgehead atoms. The maximum absolute atomic E-state index is 12.3. The third kappa shape index (κ3) is 1.37. The molecule has 0 spiro atoms. The fourth-order valence-corrected chi connectivity index (χ4v) is 3.04. The summed E-state index contributed by atoms with van der Waals surface area (Å²) in [7, 11) is 0. The van der Waals surface area contributed by atoms with Crippen molar-refractivity contribution in [2.45, 2.75) is 25.4 Å². The lowest BCUT2D eigenvalue weighted by Crippen LogP contribution is -2.42. The van der Waals surface area contributed by atoms with Crippen LogP contribution < -0.4 is 5.32 Å². The van der Waals surface area contributed by atoms with Gasteiger partial charge >= 0.3 is 0 Å². The van der Waals surface area contributed by atoms with Crippen LogP contribution in [0.25, 0.3) is 0 Å². The van der Waals surface area contributed by atoms with Gasteiger partial charge in [0.15, 0.2) is 5.76 Å². The molecule has 0 radical (unpaired) electrons. The Morgan fingerprint density at radius 2 is 2.44 bits per heavy atom.